The summed E-state index contributed by atoms with van der Waals surface area (Å²) >= 11 is 0. The number of nitrogens with zero attached hydrogens (tertiary/aromatic N) is 1. The standard InChI is InChI=1S/C15H22N2O3/c1-11-4-5-14(19-3)13(10-11)16-15(18)12(2)17-6-8-20-9-7-17/h4-5,10,12H,6-9H2,1-3H3,(H,16,18)/t12-/m1/s1. The highest BCUT2D eigenvalue weighted by molar-refractivity contribution is 5.95. The highest BCUT2D eigenvalue weighted by atomic mass is 16.5. The topological polar surface area (TPSA) is 50.8 Å². The highest BCUT2D eigenvalue weighted by Gasteiger charge is 2.23. The first-order valence-electron chi connectivity index (χ1n) is 6.89. The van der Waals surface area contributed by atoms with Crippen molar-refractivity contribution in [1.82, 2.24) is 4.90 Å². The number of ether oxygens (including phenoxy) is 2. The van der Waals surface area contributed by atoms with E-state index in [4.69, 9.17) is 9.47 Å². The Morgan fingerprint density at radius 2 is 2.10 bits per heavy atom. The van der Waals surface area contributed by atoms with Crippen molar-refractivity contribution < 1.29 is 14.3 Å². The Morgan fingerprint density at radius 3 is 2.75 bits per heavy atom. The van der Waals surface area contributed by atoms with Crippen molar-refractivity contribution in [2.45, 2.75) is 19.9 Å². The van der Waals surface area contributed by atoms with Crippen LogP contribution >= 0.6 is 0 Å². The monoisotopic (exact) mass is 278 g/mol. The zero-order chi connectivity index (χ0) is 14.5. The van der Waals surface area contributed by atoms with Crippen LogP contribution in [0.5, 0.6) is 5.75 Å². The van der Waals surface area contributed by atoms with Crippen LogP contribution in [0.25, 0.3) is 0 Å². The molecule has 1 heterocycles. The van der Waals surface area contributed by atoms with Gasteiger partial charge in [-0.05, 0) is 31.5 Å². The van der Waals surface area contributed by atoms with Gasteiger partial charge in [-0.2, -0.15) is 0 Å². The molecule has 1 N–H and O–H groups in total. The molecule has 1 aliphatic rings. The predicted molar refractivity (Wildman–Crippen MR) is 78.2 cm³/mol. The van der Waals surface area contributed by atoms with E-state index in [0.717, 1.165) is 24.3 Å². The van der Waals surface area contributed by atoms with Gasteiger partial charge in [0.15, 0.2) is 0 Å². The van der Waals surface area contributed by atoms with Gasteiger partial charge in [0.25, 0.3) is 0 Å². The summed E-state index contributed by atoms with van der Waals surface area (Å²) in [4.78, 5) is 14.5. The molecule has 0 spiro atoms. The molecule has 1 fully saturated rings. The van der Waals surface area contributed by atoms with Gasteiger partial charge in [-0.3, -0.25) is 9.69 Å². The van der Waals surface area contributed by atoms with E-state index in [0.29, 0.717) is 19.0 Å². The van der Waals surface area contributed by atoms with E-state index in [9.17, 15) is 4.79 Å². The Kier molecular flexibility index (Phi) is 4.98. The van der Waals surface area contributed by atoms with Crippen LogP contribution in [0.3, 0.4) is 0 Å². The number of amides is 1. The van der Waals surface area contributed by atoms with Gasteiger partial charge in [0.05, 0.1) is 32.1 Å². The third kappa shape index (κ3) is 3.49. The fourth-order valence-electron chi connectivity index (χ4n) is 2.29. The largest absolute Gasteiger partial charge is 0.495 e. The molecule has 1 saturated heterocycles. The predicted octanol–water partition coefficient (Wildman–Crippen LogP) is 1.66. The fourth-order valence-corrected chi connectivity index (χ4v) is 2.29. The summed E-state index contributed by atoms with van der Waals surface area (Å²) in [6, 6.07) is 5.57. The molecule has 2 rings (SSSR count). The molecule has 0 radical (unpaired) electrons. The van der Waals surface area contributed by atoms with Gasteiger partial charge in [0.1, 0.15) is 5.75 Å². The van der Waals surface area contributed by atoms with Gasteiger partial charge in [-0.25, -0.2) is 0 Å². The number of hydrogen-bond acceptors (Lipinski definition) is 4. The molecule has 0 aliphatic carbocycles. The zero-order valence-corrected chi connectivity index (χ0v) is 12.3. The van der Waals surface area contributed by atoms with E-state index in [2.05, 4.69) is 10.2 Å². The molecule has 5 nitrogen and oxygen atoms in total. The number of benzene rings is 1. The van der Waals surface area contributed by atoms with Crippen molar-refractivity contribution >= 4 is 11.6 Å². The van der Waals surface area contributed by atoms with Crippen molar-refractivity contribution in [3.05, 3.63) is 23.8 Å². The second-order valence-corrected chi connectivity index (χ2v) is 5.02. The van der Waals surface area contributed by atoms with Crippen LogP contribution in [0.1, 0.15) is 12.5 Å². The SMILES string of the molecule is COc1ccc(C)cc1NC(=O)[C@@H](C)N1CCOCC1. The Balaban J connectivity index is 2.05. The molecule has 1 atom stereocenters. The summed E-state index contributed by atoms with van der Waals surface area (Å²) in [5, 5.41) is 2.95. The van der Waals surface area contributed by atoms with E-state index in [1.807, 2.05) is 32.0 Å². The van der Waals surface area contributed by atoms with Crippen LogP contribution < -0.4 is 10.1 Å². The Labute approximate surface area is 119 Å². The average Bonchev–Trinajstić information content (AvgIpc) is 2.47. The number of aryl methyl sites for hydroxylation is 1. The lowest BCUT2D eigenvalue weighted by atomic mass is 10.2. The van der Waals surface area contributed by atoms with Gasteiger partial charge < -0.3 is 14.8 Å². The minimum absolute atomic E-state index is 0.0178. The van der Waals surface area contributed by atoms with E-state index in [1.165, 1.54) is 0 Å². The number of nitrogens with one attached hydrogen (secondary N) is 1. The number of rotatable bonds is 4. The average molecular weight is 278 g/mol. The molecule has 1 aromatic carbocycles. The lowest BCUT2D eigenvalue weighted by Gasteiger charge is -2.31. The van der Waals surface area contributed by atoms with Crippen LogP contribution in [0.2, 0.25) is 0 Å². The Morgan fingerprint density at radius 1 is 1.40 bits per heavy atom. The molecule has 5 heteroatoms. The maximum atomic E-state index is 12.3. The van der Waals surface area contributed by atoms with Crippen LogP contribution in [-0.4, -0.2) is 50.3 Å². The summed E-state index contributed by atoms with van der Waals surface area (Å²) in [5.74, 6) is 0.661. The molecule has 1 amide bonds. The second kappa shape index (κ2) is 6.72. The third-order valence-corrected chi connectivity index (χ3v) is 3.59. The maximum absolute atomic E-state index is 12.3. The van der Waals surface area contributed by atoms with Crippen molar-refractivity contribution in [3.63, 3.8) is 0 Å². The number of carbonyl (C=O) groups is 1. The number of carbonyl (C=O) groups excluding carboxylic acids is 1. The molecule has 0 aromatic heterocycles. The smallest absolute Gasteiger partial charge is 0.241 e. The van der Waals surface area contributed by atoms with Crippen LogP contribution in [-0.2, 0) is 9.53 Å². The van der Waals surface area contributed by atoms with Crippen molar-refractivity contribution in [2.75, 3.05) is 38.7 Å². The Hall–Kier alpha value is -1.59. The van der Waals surface area contributed by atoms with Gasteiger partial charge in [-0.15, -0.1) is 0 Å². The molecule has 1 aromatic rings. The minimum atomic E-state index is -0.177. The number of morpholine rings is 1. The molecular weight excluding hydrogens is 256 g/mol. The fraction of sp³-hybridized carbons (Fsp3) is 0.533. The van der Waals surface area contributed by atoms with E-state index in [1.54, 1.807) is 7.11 Å². The normalized spacial score (nSPS) is 17.6. The summed E-state index contributed by atoms with van der Waals surface area (Å²) in [7, 11) is 1.60. The molecule has 0 saturated carbocycles. The molecule has 0 bridgehead atoms. The lowest BCUT2D eigenvalue weighted by Crippen LogP contribution is -2.47. The minimum Gasteiger partial charge on any atom is -0.495 e. The number of methoxy groups -OCH3 is 1. The third-order valence-electron chi connectivity index (χ3n) is 3.59. The zero-order valence-electron chi connectivity index (χ0n) is 12.3. The molecular formula is C15H22N2O3. The van der Waals surface area contributed by atoms with Crippen LogP contribution in [0.15, 0.2) is 18.2 Å². The van der Waals surface area contributed by atoms with E-state index in [-0.39, 0.29) is 11.9 Å². The first kappa shape index (κ1) is 14.8. The quantitative estimate of drug-likeness (QED) is 0.910. The van der Waals surface area contributed by atoms with Crippen LogP contribution in [0.4, 0.5) is 5.69 Å². The van der Waals surface area contributed by atoms with E-state index < -0.39 is 0 Å². The first-order chi connectivity index (χ1) is 9.61. The summed E-state index contributed by atoms with van der Waals surface area (Å²) in [5.41, 5.74) is 1.80. The van der Waals surface area contributed by atoms with Gasteiger partial charge in [-0.1, -0.05) is 6.07 Å². The maximum Gasteiger partial charge on any atom is 0.241 e. The molecule has 110 valence electrons. The summed E-state index contributed by atoms with van der Waals surface area (Å²) in [6.07, 6.45) is 0. The van der Waals surface area contributed by atoms with Crippen molar-refractivity contribution in [3.8, 4) is 5.75 Å². The molecule has 20 heavy (non-hydrogen) atoms. The highest BCUT2D eigenvalue weighted by Crippen LogP contribution is 2.25. The molecule has 1 aliphatic heterocycles. The van der Waals surface area contributed by atoms with Crippen molar-refractivity contribution in [1.29, 1.82) is 0 Å². The van der Waals surface area contributed by atoms with Crippen molar-refractivity contribution in [2.24, 2.45) is 0 Å². The second-order valence-electron chi connectivity index (χ2n) is 5.02. The van der Waals surface area contributed by atoms with Gasteiger partial charge >= 0.3 is 0 Å². The molecule has 0 unspecified atom stereocenters. The van der Waals surface area contributed by atoms with E-state index >= 15 is 0 Å². The Bertz CT molecular complexity index is 470. The van der Waals surface area contributed by atoms with Crippen LogP contribution in [0, 0.1) is 6.92 Å². The number of anilines is 1. The summed E-state index contributed by atoms with van der Waals surface area (Å²) < 4.78 is 10.6. The first-order valence-corrected chi connectivity index (χ1v) is 6.89. The van der Waals surface area contributed by atoms with Gasteiger partial charge in [0.2, 0.25) is 5.91 Å². The number of hydrogen-bond donors (Lipinski definition) is 1. The summed E-state index contributed by atoms with van der Waals surface area (Å²) in [6.45, 7) is 6.86. The lowest BCUT2D eigenvalue weighted by molar-refractivity contribution is -0.122. The van der Waals surface area contributed by atoms with Gasteiger partial charge in [0, 0.05) is 13.1 Å².